The van der Waals surface area contributed by atoms with E-state index in [1.807, 2.05) is 0 Å². The number of ether oxygens (including phenoxy) is 2. The first-order chi connectivity index (χ1) is 29.3. The van der Waals surface area contributed by atoms with Crippen LogP contribution in [0.3, 0.4) is 0 Å². The van der Waals surface area contributed by atoms with Gasteiger partial charge in [0.25, 0.3) is 0 Å². The van der Waals surface area contributed by atoms with Gasteiger partial charge < -0.3 is 14.0 Å². The van der Waals surface area contributed by atoms with Crippen LogP contribution in [0, 0.1) is 0 Å². The molecule has 0 radical (unpaired) electrons. The van der Waals surface area contributed by atoms with E-state index in [9.17, 15) is 22.6 Å². The van der Waals surface area contributed by atoms with Crippen LogP contribution in [0.25, 0.3) is 0 Å². The van der Waals surface area contributed by atoms with Gasteiger partial charge in [0.2, 0.25) is 0 Å². The van der Waals surface area contributed by atoms with E-state index in [1.54, 1.807) is 0 Å². The van der Waals surface area contributed by atoms with Gasteiger partial charge in [-0.05, 0) is 76.3 Å². The zero-order chi connectivity index (χ0) is 43.6. The number of allylic oxidation sites excluding steroid dienone is 4. The molecule has 9 heteroatoms. The Morgan fingerprint density at radius 3 is 1.08 bits per heavy atom. The Morgan fingerprint density at radius 2 is 0.754 bits per heavy atom. The molecule has 0 atom stereocenters. The van der Waals surface area contributed by atoms with Gasteiger partial charge in [-0.1, -0.05) is 211 Å². The second kappa shape index (κ2) is 44.4. The molecular formula is C52H89KO7S. The first kappa shape index (κ1) is 60.2. The fourth-order valence-electron chi connectivity index (χ4n) is 7.71. The summed E-state index contributed by atoms with van der Waals surface area (Å²) in [5.74, 6) is -1.81. The van der Waals surface area contributed by atoms with E-state index in [1.165, 1.54) is 192 Å². The van der Waals surface area contributed by atoms with Crippen molar-refractivity contribution in [3.8, 4) is 0 Å². The second-order valence-corrected chi connectivity index (χ2v) is 18.5. The van der Waals surface area contributed by atoms with Crippen molar-refractivity contribution in [1.29, 1.82) is 0 Å². The Balaban J connectivity index is 0.0000360. The molecule has 0 aliphatic carbocycles. The van der Waals surface area contributed by atoms with E-state index in [-0.39, 0.29) is 70.2 Å². The summed E-state index contributed by atoms with van der Waals surface area (Å²) in [4.78, 5) is 25.3. The summed E-state index contributed by atoms with van der Waals surface area (Å²) in [6.45, 7) is 4.77. The van der Waals surface area contributed by atoms with Crippen LogP contribution in [0.2, 0.25) is 0 Å². The first-order valence-electron chi connectivity index (χ1n) is 25.1. The Labute approximate surface area is 418 Å². The average Bonchev–Trinajstić information content (AvgIpc) is 3.24. The van der Waals surface area contributed by atoms with E-state index in [0.717, 1.165) is 44.6 Å². The number of unbranched alkanes of at least 4 members (excludes halogenated alkanes) is 32. The second-order valence-electron chi connectivity index (χ2n) is 17.1. The molecule has 0 saturated heterocycles. The van der Waals surface area contributed by atoms with Gasteiger partial charge in [0, 0.05) is 0 Å². The number of hydrogen-bond acceptors (Lipinski definition) is 7. The Kier molecular flexibility index (Phi) is 43.8. The maximum absolute atomic E-state index is 13.1. The SMILES string of the molecule is CCCCCCC/C=C/CCCCCCCCCCCCCOC(=O)c1cccc(S(=O)(=O)[O-])c1C(=O)OCCCCCCCCCCCCC/C=C/CCCCCCC.[K+]. The van der Waals surface area contributed by atoms with Crippen LogP contribution in [-0.4, -0.2) is 38.1 Å². The van der Waals surface area contributed by atoms with Gasteiger partial charge in [-0.25, -0.2) is 18.0 Å². The summed E-state index contributed by atoms with van der Waals surface area (Å²) < 4.78 is 46.9. The van der Waals surface area contributed by atoms with Crippen LogP contribution >= 0.6 is 0 Å². The van der Waals surface area contributed by atoms with Gasteiger partial charge in [-0.3, -0.25) is 0 Å². The molecular weight excluding hydrogens is 808 g/mol. The minimum atomic E-state index is -5.02. The minimum Gasteiger partial charge on any atom is -0.744 e. The molecule has 0 saturated carbocycles. The number of carbonyl (C=O) groups is 2. The quantitative estimate of drug-likeness (QED) is 0.0211. The van der Waals surface area contributed by atoms with Crippen molar-refractivity contribution in [2.24, 2.45) is 0 Å². The third kappa shape index (κ3) is 36.1. The Morgan fingerprint density at radius 1 is 0.459 bits per heavy atom. The van der Waals surface area contributed by atoms with Crippen LogP contribution in [0.4, 0.5) is 0 Å². The zero-order valence-corrected chi connectivity index (χ0v) is 43.6. The van der Waals surface area contributed by atoms with Crippen LogP contribution in [0.5, 0.6) is 0 Å². The van der Waals surface area contributed by atoms with Crippen molar-refractivity contribution in [2.75, 3.05) is 13.2 Å². The van der Waals surface area contributed by atoms with Crippen molar-refractivity contribution in [3.05, 3.63) is 53.6 Å². The molecule has 1 aromatic rings. The summed E-state index contributed by atoms with van der Waals surface area (Å²) in [6, 6.07) is 3.64. The summed E-state index contributed by atoms with van der Waals surface area (Å²) in [5, 5.41) is 0. The van der Waals surface area contributed by atoms with Gasteiger partial charge in [0.05, 0.1) is 29.2 Å². The largest absolute Gasteiger partial charge is 1.00 e. The van der Waals surface area contributed by atoms with Gasteiger partial charge >= 0.3 is 63.3 Å². The van der Waals surface area contributed by atoms with E-state index < -0.39 is 32.5 Å². The average molecular weight is 897 g/mol. The standard InChI is InChI=1S/C52H90O7S.K/c1-3-5-7-9-11-13-15-17-19-21-23-25-27-29-31-33-35-37-39-41-46-58-51(53)48-44-43-45-49(60(55,56)57)50(48)52(54)59-47-42-40-38-36-34-32-30-28-26-24-22-20-18-16-14-12-10-8-6-4-2;/h15-18,43-45H,3-14,19-42,46-47H2,1-2H3,(H,55,56,57);/q;+1/p-1/b17-15+,18-16+;. The maximum Gasteiger partial charge on any atom is 1.00 e. The van der Waals surface area contributed by atoms with Crippen LogP contribution in [-0.2, 0) is 19.6 Å². The molecule has 1 aromatic carbocycles. The summed E-state index contributed by atoms with van der Waals surface area (Å²) in [6.07, 6.45) is 53.2. The summed E-state index contributed by atoms with van der Waals surface area (Å²) in [7, 11) is -5.02. The molecule has 0 fully saturated rings. The molecule has 0 heterocycles. The molecule has 0 aromatic heterocycles. The van der Waals surface area contributed by atoms with Crippen LogP contribution in [0.15, 0.2) is 47.4 Å². The van der Waals surface area contributed by atoms with Gasteiger partial charge in [-0.2, -0.15) is 0 Å². The fraction of sp³-hybridized carbons (Fsp3) is 0.769. The molecule has 0 amide bonds. The van der Waals surface area contributed by atoms with Gasteiger partial charge in [0.1, 0.15) is 10.1 Å². The molecule has 1 rings (SSSR count). The van der Waals surface area contributed by atoms with Gasteiger partial charge in [-0.15, -0.1) is 0 Å². The van der Waals surface area contributed by atoms with Crippen molar-refractivity contribution in [3.63, 3.8) is 0 Å². The molecule has 0 unspecified atom stereocenters. The molecule has 7 nitrogen and oxygen atoms in total. The molecule has 0 spiro atoms. The van der Waals surface area contributed by atoms with Crippen molar-refractivity contribution >= 4 is 22.1 Å². The Bertz CT molecular complexity index is 1340. The summed E-state index contributed by atoms with van der Waals surface area (Å²) in [5.41, 5.74) is -0.774. The van der Waals surface area contributed by atoms with Crippen LogP contribution in [0.1, 0.15) is 266 Å². The predicted octanol–water partition coefficient (Wildman–Crippen LogP) is 13.1. The topological polar surface area (TPSA) is 110 Å². The van der Waals surface area contributed by atoms with E-state index in [2.05, 4.69) is 38.2 Å². The molecule has 0 aliphatic heterocycles. The smallest absolute Gasteiger partial charge is 0.744 e. The molecule has 346 valence electrons. The van der Waals surface area contributed by atoms with E-state index >= 15 is 0 Å². The molecule has 0 N–H and O–H groups in total. The first-order valence-corrected chi connectivity index (χ1v) is 26.5. The molecule has 61 heavy (non-hydrogen) atoms. The third-order valence-corrected chi connectivity index (χ3v) is 12.4. The number of hydrogen-bond donors (Lipinski definition) is 0. The van der Waals surface area contributed by atoms with E-state index in [0.29, 0.717) is 12.8 Å². The summed E-state index contributed by atoms with van der Waals surface area (Å²) >= 11 is 0. The minimum absolute atomic E-state index is 0. The van der Waals surface area contributed by atoms with Gasteiger partial charge in [0.15, 0.2) is 0 Å². The fourth-order valence-corrected chi connectivity index (χ4v) is 8.40. The monoisotopic (exact) mass is 897 g/mol. The van der Waals surface area contributed by atoms with E-state index in [4.69, 9.17) is 9.47 Å². The normalized spacial score (nSPS) is 11.7. The van der Waals surface area contributed by atoms with Crippen molar-refractivity contribution in [2.45, 2.75) is 250 Å². The number of rotatable bonds is 43. The number of benzene rings is 1. The maximum atomic E-state index is 13.1. The van der Waals surface area contributed by atoms with Crippen molar-refractivity contribution in [1.82, 2.24) is 0 Å². The number of carbonyl (C=O) groups excluding carboxylic acids is 2. The zero-order valence-electron chi connectivity index (χ0n) is 39.7. The van der Waals surface area contributed by atoms with Crippen LogP contribution < -0.4 is 51.4 Å². The third-order valence-electron chi connectivity index (χ3n) is 11.5. The molecule has 0 aliphatic rings. The molecule has 0 bridgehead atoms. The predicted molar refractivity (Wildman–Crippen MR) is 251 cm³/mol. The Hall–Kier alpha value is -0.814. The van der Waals surface area contributed by atoms with Crippen molar-refractivity contribution < 1.29 is 83.4 Å². The number of esters is 2.